The van der Waals surface area contributed by atoms with Crippen LogP contribution < -0.4 is 14.2 Å². The first-order chi connectivity index (χ1) is 19.9. The minimum Gasteiger partial charge on any atom is -0.491 e. The van der Waals surface area contributed by atoms with Gasteiger partial charge in [0, 0.05) is 38.0 Å². The zero-order valence-corrected chi connectivity index (χ0v) is 24.2. The molecule has 0 bridgehead atoms. The topological polar surface area (TPSA) is 127 Å². The van der Waals surface area contributed by atoms with Gasteiger partial charge in [-0.05, 0) is 42.2 Å². The van der Waals surface area contributed by atoms with Gasteiger partial charge in [-0.1, -0.05) is 42.8 Å². The first-order valence-corrected chi connectivity index (χ1v) is 14.4. The fraction of sp³-hybridized carbons (Fsp3) is 0.333. The third kappa shape index (κ3) is 8.95. The van der Waals surface area contributed by atoms with Crippen molar-refractivity contribution in [1.82, 2.24) is 14.0 Å². The highest BCUT2D eigenvalue weighted by Crippen LogP contribution is 2.39. The van der Waals surface area contributed by atoms with Crippen molar-refractivity contribution >= 4 is 27.9 Å². The van der Waals surface area contributed by atoms with Crippen LogP contribution in [0, 0.1) is 0 Å². The maximum absolute atomic E-state index is 13.1. The van der Waals surface area contributed by atoms with Gasteiger partial charge in [-0.3, -0.25) is 0 Å². The Morgan fingerprint density at radius 1 is 1.14 bits per heavy atom. The van der Waals surface area contributed by atoms with Crippen molar-refractivity contribution in [1.29, 1.82) is 0 Å². The predicted octanol–water partition coefficient (Wildman–Crippen LogP) is 6.01. The fourth-order valence-electron chi connectivity index (χ4n) is 3.74. The molecule has 0 atom stereocenters. The minimum absolute atomic E-state index is 0.0694. The van der Waals surface area contributed by atoms with E-state index in [0.29, 0.717) is 46.0 Å². The number of amides is 1. The molecule has 0 aliphatic carbocycles. The summed E-state index contributed by atoms with van der Waals surface area (Å²) in [6.45, 7) is 1.97. The molecule has 0 unspecified atom stereocenters. The van der Waals surface area contributed by atoms with Crippen molar-refractivity contribution in [3.8, 4) is 28.5 Å². The van der Waals surface area contributed by atoms with Crippen LogP contribution in [0.3, 0.4) is 0 Å². The number of carboxylic acid groups (broad SMARTS) is 1. The Hall–Kier alpha value is -3.59. The summed E-state index contributed by atoms with van der Waals surface area (Å²) >= 11 is 6.08. The Morgan fingerprint density at radius 3 is 2.55 bits per heavy atom. The molecule has 3 aromatic rings. The fourth-order valence-corrected chi connectivity index (χ4v) is 5.09. The summed E-state index contributed by atoms with van der Waals surface area (Å²) in [7, 11) is -2.72. The van der Waals surface area contributed by atoms with Gasteiger partial charge in [0.25, 0.3) is 0 Å². The molecule has 1 heterocycles. The summed E-state index contributed by atoms with van der Waals surface area (Å²) in [5.41, 5.74) is 0.843. The van der Waals surface area contributed by atoms with Gasteiger partial charge in [-0.25, -0.2) is 9.78 Å². The van der Waals surface area contributed by atoms with Crippen molar-refractivity contribution in [2.24, 2.45) is 0 Å². The van der Waals surface area contributed by atoms with E-state index in [9.17, 15) is 31.5 Å². The number of rotatable bonds is 14. The van der Waals surface area contributed by atoms with E-state index >= 15 is 0 Å². The van der Waals surface area contributed by atoms with E-state index in [1.807, 2.05) is 0 Å². The Labute approximate surface area is 246 Å². The van der Waals surface area contributed by atoms with Crippen LogP contribution in [-0.4, -0.2) is 62.3 Å². The molecule has 2 N–H and O–H groups in total. The van der Waals surface area contributed by atoms with Gasteiger partial charge in [-0.15, -0.1) is 0 Å². The molecule has 0 spiro atoms. The number of nitrogens with one attached hydrogen (secondary N) is 1. The van der Waals surface area contributed by atoms with E-state index in [4.69, 9.17) is 25.8 Å². The molecule has 10 nitrogen and oxygen atoms in total. The average molecular weight is 632 g/mol. The van der Waals surface area contributed by atoms with Gasteiger partial charge < -0.3 is 19.3 Å². The van der Waals surface area contributed by atoms with Crippen molar-refractivity contribution < 1.29 is 45.7 Å². The van der Waals surface area contributed by atoms with Gasteiger partial charge in [0.15, 0.2) is 0 Å². The molecule has 0 fully saturated rings. The molecule has 15 heteroatoms. The van der Waals surface area contributed by atoms with Crippen LogP contribution in [0.1, 0.15) is 24.5 Å². The lowest BCUT2D eigenvalue weighted by molar-refractivity contribution is -0.137. The van der Waals surface area contributed by atoms with E-state index < -0.39 is 28.0 Å². The summed E-state index contributed by atoms with van der Waals surface area (Å²) in [6, 6.07) is 12.6. The van der Waals surface area contributed by atoms with Crippen molar-refractivity contribution in [2.75, 3.05) is 33.4 Å². The lowest BCUT2D eigenvalue weighted by Gasteiger charge is -2.19. The van der Waals surface area contributed by atoms with E-state index in [-0.39, 0.29) is 42.8 Å². The molecule has 0 radical (unpaired) electrons. The van der Waals surface area contributed by atoms with E-state index in [1.54, 1.807) is 43.3 Å². The zero-order valence-electron chi connectivity index (χ0n) is 22.7. The van der Waals surface area contributed by atoms with E-state index in [2.05, 4.69) is 9.71 Å². The number of ether oxygens (including phenoxy) is 3. The lowest BCUT2D eigenvalue weighted by atomic mass is 10.0. The normalized spacial score (nSPS) is 11.8. The second-order valence-corrected chi connectivity index (χ2v) is 10.9. The largest absolute Gasteiger partial charge is 0.491 e. The smallest absolute Gasteiger partial charge is 0.422 e. The number of halogens is 4. The molecular formula is C27H29ClF3N3O7S. The van der Waals surface area contributed by atoms with Crippen LogP contribution in [0.25, 0.3) is 11.1 Å². The number of hydrogen-bond acceptors (Lipinski definition) is 7. The van der Waals surface area contributed by atoms with Crippen LogP contribution in [-0.2, 0) is 27.5 Å². The molecular weight excluding hydrogens is 603 g/mol. The molecule has 228 valence electrons. The minimum atomic E-state index is -4.63. The van der Waals surface area contributed by atoms with Gasteiger partial charge in [0.05, 0.1) is 12.2 Å². The van der Waals surface area contributed by atoms with Crippen LogP contribution >= 0.6 is 11.6 Å². The summed E-state index contributed by atoms with van der Waals surface area (Å²) < 4.78 is 83.2. The molecule has 3 rings (SSSR count). The van der Waals surface area contributed by atoms with Crippen molar-refractivity contribution in [3.63, 3.8) is 0 Å². The first kappa shape index (κ1) is 32.9. The number of aromatic nitrogens is 1. The zero-order chi connectivity index (χ0) is 30.9. The Kier molecular flexibility index (Phi) is 11.4. The van der Waals surface area contributed by atoms with E-state index in [0.717, 1.165) is 6.07 Å². The molecule has 1 aromatic heterocycles. The van der Waals surface area contributed by atoms with Crippen LogP contribution in [0.15, 0.2) is 54.7 Å². The van der Waals surface area contributed by atoms with Gasteiger partial charge in [-0.2, -0.15) is 30.6 Å². The van der Waals surface area contributed by atoms with Crippen LogP contribution in [0.5, 0.6) is 17.4 Å². The molecule has 42 heavy (non-hydrogen) atoms. The maximum Gasteiger partial charge on any atom is 0.422 e. The summed E-state index contributed by atoms with van der Waals surface area (Å²) in [5.74, 6) is 0.337. The molecule has 2 aromatic carbocycles. The van der Waals surface area contributed by atoms with Gasteiger partial charge in [0.1, 0.15) is 23.1 Å². The second-order valence-electron chi connectivity index (χ2n) is 8.81. The number of alkyl halides is 3. The average Bonchev–Trinajstić information content (AvgIpc) is 2.92. The van der Waals surface area contributed by atoms with Crippen LogP contribution in [0.2, 0.25) is 5.02 Å². The number of nitrogens with zero attached hydrogens (tertiary/aromatic N) is 2. The number of carbonyl (C=O) groups is 1. The molecule has 1 amide bonds. The number of benzene rings is 2. The van der Waals surface area contributed by atoms with Gasteiger partial charge in [0.2, 0.25) is 5.88 Å². The molecule has 0 aliphatic heterocycles. The second kappa shape index (κ2) is 14.5. The highest BCUT2D eigenvalue weighted by atomic mass is 35.5. The van der Waals surface area contributed by atoms with E-state index in [1.165, 1.54) is 13.2 Å². The summed E-state index contributed by atoms with van der Waals surface area (Å²) in [6.07, 6.45) is -5.04. The van der Waals surface area contributed by atoms with Crippen molar-refractivity contribution in [3.05, 3.63) is 70.9 Å². The SMILES string of the molecule is CCCN(C(=O)O)S(=O)(=O)NCCc1cccc(-c2ccc(OCCOC)cc2Oc2ncc(C(F)(F)F)cc2Cl)c1. The monoisotopic (exact) mass is 631 g/mol. The quantitative estimate of drug-likeness (QED) is 0.207. The highest BCUT2D eigenvalue weighted by molar-refractivity contribution is 7.87. The lowest BCUT2D eigenvalue weighted by Crippen LogP contribution is -2.44. The van der Waals surface area contributed by atoms with Gasteiger partial charge >= 0.3 is 22.5 Å². The molecule has 0 saturated heterocycles. The first-order valence-electron chi connectivity index (χ1n) is 12.6. The third-order valence-corrected chi connectivity index (χ3v) is 7.48. The Balaban J connectivity index is 1.88. The van der Waals surface area contributed by atoms with Crippen LogP contribution in [0.4, 0.5) is 18.0 Å². The summed E-state index contributed by atoms with van der Waals surface area (Å²) in [4.78, 5) is 15.1. The van der Waals surface area contributed by atoms with Crippen molar-refractivity contribution in [2.45, 2.75) is 25.9 Å². The maximum atomic E-state index is 13.1. The number of hydrogen-bond donors (Lipinski definition) is 2. The Morgan fingerprint density at radius 2 is 1.90 bits per heavy atom. The Bertz CT molecular complexity index is 1490. The molecule has 0 aliphatic rings. The number of pyridine rings is 1. The standard InChI is InChI=1S/C27H29ClF3N3O7S/c1-3-11-34(26(35)36)42(37,38)33-10-9-18-5-4-6-19(14-18)22-8-7-21(40-13-12-39-2)16-24(22)41-25-23(28)15-20(17-32-25)27(29,30)31/h4-8,14-17,33H,3,9-13H2,1-2H3,(H,35,36). The molecule has 0 saturated carbocycles. The number of methoxy groups -OCH3 is 1. The summed E-state index contributed by atoms with van der Waals surface area (Å²) in [5, 5.41) is 8.87. The highest BCUT2D eigenvalue weighted by Gasteiger charge is 2.32. The predicted molar refractivity (Wildman–Crippen MR) is 149 cm³/mol. The third-order valence-electron chi connectivity index (χ3n) is 5.72.